The molecule has 7 aromatic rings. The monoisotopic (exact) mass is 1600 g/mol. The van der Waals surface area contributed by atoms with Crippen LogP contribution >= 0.6 is 81.2 Å². The van der Waals surface area contributed by atoms with Crippen molar-refractivity contribution < 1.29 is 33.6 Å². The molecule has 3 aliphatic heterocycles. The van der Waals surface area contributed by atoms with Gasteiger partial charge >= 0.3 is 0 Å². The maximum absolute atomic E-state index is 13.8. The van der Waals surface area contributed by atoms with E-state index in [1.165, 1.54) is 12.1 Å². The molecule has 0 radical (unpaired) electrons. The number of likely N-dealkylation sites (N-methyl/N-ethyl adjacent to an activating group) is 1. The van der Waals surface area contributed by atoms with Crippen molar-refractivity contribution in [1.82, 2.24) is 51.5 Å². The molecule has 3 heterocycles. The third-order valence-electron chi connectivity index (χ3n) is 18.2. The third-order valence-corrected chi connectivity index (χ3v) is 20.1. The van der Waals surface area contributed by atoms with E-state index in [0.717, 1.165) is 33.0 Å². The van der Waals surface area contributed by atoms with Crippen LogP contribution in [0.2, 0.25) is 35.2 Å². The predicted octanol–water partition coefficient (Wildman–Crippen LogP) is 10.1. The van der Waals surface area contributed by atoms with Crippen molar-refractivity contribution in [3.63, 3.8) is 0 Å². The normalized spacial score (nSPS) is 18.5. The number of hydrogen-bond acceptors (Lipinski definition) is 13. The van der Waals surface area contributed by atoms with Gasteiger partial charge in [0.1, 0.15) is 0 Å². The molecule has 10 rings (SSSR count). The summed E-state index contributed by atoms with van der Waals surface area (Å²) in [5.41, 5.74) is 26.9. The first-order valence-corrected chi connectivity index (χ1v) is 38.0. The summed E-state index contributed by atoms with van der Waals surface area (Å²) in [6.45, 7) is 4.83. The highest BCUT2D eigenvalue weighted by atomic mass is 35.5. The maximum Gasteiger partial charge on any atom is 0.251 e. The zero-order valence-corrected chi connectivity index (χ0v) is 64.9. The number of aliphatic imine (C=N–C) groups is 1. The van der Waals surface area contributed by atoms with Gasteiger partial charge in [0.2, 0.25) is 29.5 Å². The Morgan fingerprint density at radius 3 is 1.50 bits per heavy atom. The van der Waals surface area contributed by atoms with Gasteiger partial charge in [0.05, 0.1) is 34.1 Å². The minimum absolute atomic E-state index is 0.0129. The predicted molar refractivity (Wildman–Crippen MR) is 430 cm³/mol. The molecule has 0 saturated carbocycles. The van der Waals surface area contributed by atoms with Crippen molar-refractivity contribution in [3.05, 3.63) is 226 Å². The van der Waals surface area contributed by atoms with Gasteiger partial charge in [-0.3, -0.25) is 38.6 Å². The average molecular weight is 1600 g/mol. The number of carbonyl (C=O) groups excluding carboxylic acids is 7. The SMILES string of the molecule is CN(C)C(=O)C(CN1CC[C@@H](CNC(=O)c2ccc3ccccc3c2)N[C@@H](CCCN=C(N)N)C1=O)c1ccccc1.NCC[C@@H]1N[C@H](CNC(=O)/C=C/c2ccc(Cl)cc2)CCN(Cc2cc(Cl)cc(Cl)c2)C1=O.NCC[C@@H]1N[C@H](CNC(=O)c2ccc(Cl)c(Cl)c2)CCN(Cc2cc(Cl)cc(Cl)c2)C1=O. The lowest BCUT2D eigenvalue weighted by Gasteiger charge is -2.29. The number of hydrogen-bond donors (Lipinski definition) is 10. The van der Waals surface area contributed by atoms with Crippen LogP contribution in [0.15, 0.2) is 163 Å². The summed E-state index contributed by atoms with van der Waals surface area (Å²) in [7, 11) is 3.45. The number of benzene rings is 7. The molecule has 570 valence electrons. The van der Waals surface area contributed by atoms with Crippen molar-refractivity contribution in [2.24, 2.45) is 27.9 Å². The van der Waals surface area contributed by atoms with E-state index >= 15 is 0 Å². The van der Waals surface area contributed by atoms with Gasteiger partial charge < -0.3 is 74.4 Å². The van der Waals surface area contributed by atoms with E-state index < -0.39 is 24.0 Å². The summed E-state index contributed by atoms with van der Waals surface area (Å²) in [4.78, 5) is 102. The molecular weight excluding hydrogens is 1510 g/mol. The number of amides is 7. The molecular formula is C78H92Cl7N15O7. The number of nitrogens with zero attached hydrogens (tertiary/aromatic N) is 5. The van der Waals surface area contributed by atoms with E-state index in [-0.39, 0.29) is 72.0 Å². The Bertz CT molecular complexity index is 4190. The molecule has 7 aromatic carbocycles. The Hall–Kier alpha value is -8.07. The molecule has 0 aromatic heterocycles. The highest BCUT2D eigenvalue weighted by Crippen LogP contribution is 2.28. The summed E-state index contributed by atoms with van der Waals surface area (Å²) in [6, 6.07) is 43.9. The van der Waals surface area contributed by atoms with E-state index in [4.69, 9.17) is 104 Å². The fourth-order valence-corrected chi connectivity index (χ4v) is 14.3. The second kappa shape index (κ2) is 42.6. The van der Waals surface area contributed by atoms with Gasteiger partial charge in [-0.05, 0) is 176 Å². The molecule has 0 aliphatic carbocycles. The Kier molecular flexibility index (Phi) is 33.7. The van der Waals surface area contributed by atoms with E-state index in [9.17, 15) is 33.6 Å². The number of rotatable bonds is 26. The summed E-state index contributed by atoms with van der Waals surface area (Å²) in [6.07, 6.45) is 7.28. The number of guanidine groups is 1. The van der Waals surface area contributed by atoms with Crippen LogP contribution in [0.4, 0.5) is 0 Å². The lowest BCUT2D eigenvalue weighted by Crippen LogP contribution is -2.49. The molecule has 3 fully saturated rings. The van der Waals surface area contributed by atoms with Crippen LogP contribution in [-0.4, -0.2) is 183 Å². The Balaban J connectivity index is 0.000000205. The number of halogens is 7. The van der Waals surface area contributed by atoms with E-state index in [1.807, 2.05) is 97.1 Å². The van der Waals surface area contributed by atoms with Crippen LogP contribution in [-0.2, 0) is 37.1 Å². The van der Waals surface area contributed by atoms with Crippen LogP contribution in [0.3, 0.4) is 0 Å². The van der Waals surface area contributed by atoms with Crippen molar-refractivity contribution in [1.29, 1.82) is 0 Å². The van der Waals surface area contributed by atoms with Crippen LogP contribution in [0.25, 0.3) is 16.8 Å². The van der Waals surface area contributed by atoms with Crippen molar-refractivity contribution >= 4 is 145 Å². The quantitative estimate of drug-likeness (QED) is 0.0104. The number of nitrogens with one attached hydrogen (secondary N) is 6. The molecule has 0 bridgehead atoms. The fourth-order valence-electron chi connectivity index (χ4n) is 12.7. The highest BCUT2D eigenvalue weighted by molar-refractivity contribution is 6.42. The van der Waals surface area contributed by atoms with Gasteiger partial charge in [0, 0.05) is 140 Å². The number of fused-ring (bicyclic) bond motifs is 1. The molecule has 1 unspecified atom stereocenters. The van der Waals surface area contributed by atoms with Crippen molar-refractivity contribution in [2.45, 2.75) is 100 Å². The first kappa shape index (κ1) is 84.6. The molecule has 14 N–H and O–H groups in total. The lowest BCUT2D eigenvalue weighted by molar-refractivity contribution is -0.136. The van der Waals surface area contributed by atoms with E-state index in [1.54, 1.807) is 88.3 Å². The molecule has 22 nitrogen and oxygen atoms in total. The Morgan fingerprint density at radius 1 is 0.533 bits per heavy atom. The highest BCUT2D eigenvalue weighted by Gasteiger charge is 2.36. The number of carbonyl (C=O) groups is 7. The summed E-state index contributed by atoms with van der Waals surface area (Å²) in [5, 5.41) is 24.6. The van der Waals surface area contributed by atoms with Crippen molar-refractivity contribution in [3.8, 4) is 0 Å². The van der Waals surface area contributed by atoms with Gasteiger partial charge in [-0.1, -0.05) is 154 Å². The smallest absolute Gasteiger partial charge is 0.251 e. The summed E-state index contributed by atoms with van der Waals surface area (Å²) < 4.78 is 0. The molecule has 7 atom stereocenters. The lowest BCUT2D eigenvalue weighted by atomic mass is 9.96. The minimum atomic E-state index is -0.504. The van der Waals surface area contributed by atoms with Crippen molar-refractivity contribution in [2.75, 3.05) is 79.5 Å². The third kappa shape index (κ3) is 26.9. The van der Waals surface area contributed by atoms with Gasteiger partial charge in [0.25, 0.3) is 11.8 Å². The Labute approximate surface area is 659 Å². The number of nitrogens with two attached hydrogens (primary N) is 4. The van der Waals surface area contributed by atoms with Crippen LogP contribution in [0.5, 0.6) is 0 Å². The largest absolute Gasteiger partial charge is 0.370 e. The second-order valence-corrected chi connectivity index (χ2v) is 29.5. The van der Waals surface area contributed by atoms with Gasteiger partial charge in [-0.2, -0.15) is 0 Å². The van der Waals surface area contributed by atoms with Gasteiger partial charge in [0.15, 0.2) is 5.96 Å². The molecule has 7 amide bonds. The second-order valence-electron chi connectivity index (χ2n) is 26.5. The molecule has 0 spiro atoms. The first-order valence-electron chi connectivity index (χ1n) is 35.3. The van der Waals surface area contributed by atoms with Crippen LogP contribution in [0.1, 0.15) is 93.8 Å². The zero-order valence-electron chi connectivity index (χ0n) is 59.6. The van der Waals surface area contributed by atoms with Crippen LogP contribution in [0, 0.1) is 0 Å². The summed E-state index contributed by atoms with van der Waals surface area (Å²) >= 11 is 42.2. The topological polar surface area (TPSA) is 321 Å². The van der Waals surface area contributed by atoms with Gasteiger partial charge in [-0.15, -0.1) is 0 Å². The molecule has 107 heavy (non-hydrogen) atoms. The van der Waals surface area contributed by atoms with E-state index in [2.05, 4.69) is 36.9 Å². The maximum atomic E-state index is 13.8. The summed E-state index contributed by atoms with van der Waals surface area (Å²) in [5.74, 6) is -1.30. The zero-order chi connectivity index (χ0) is 77.1. The first-order chi connectivity index (χ1) is 51.3. The molecule has 29 heteroatoms. The minimum Gasteiger partial charge on any atom is -0.370 e. The molecule has 3 saturated heterocycles. The van der Waals surface area contributed by atoms with Crippen LogP contribution < -0.4 is 54.8 Å². The average Bonchev–Trinajstić information content (AvgIpc) is 1.82. The molecule has 3 aliphatic rings. The Morgan fingerprint density at radius 2 is 1.00 bits per heavy atom. The standard InChI is InChI=1S/C32H41N7O3.C24H27Cl3N4O2.C22H24Cl4N4O2/c1-38(2)30(41)27(23-10-4-3-5-11-23)21-39-18-16-26(37-28(31(39)42)13-8-17-35-32(33)34)20-36-29(40)25-15-14-22-9-6-7-12-24(22)19-25;25-18-4-1-16(2-5-18)3-6-23(32)29-14-21-8-10-31(24(33)22(30-21)7-9-28)15-17-11-19(26)13-20(27)12-17;23-15-7-13(8-16(24)10-15)12-30-6-4-17(29-20(3-5-27)22(30)32)11-28-21(31)14-1-2-18(25)19(26)9-14/h3-7,9-12,14-15,19,26-28,37H,8,13,16-18,20-21H2,1-2H3,(H,36,40)(H4,33,34,35);1-6,11-13,21-22,30H,7-10,14-15,28H2,(H,29,32);1-2,7-10,17,20,29H,3-6,11-12,27H2,(H,28,31)/b;6-3+;/t26-,27?,28-;21-,22-;17-,20-/m000/s1. The van der Waals surface area contributed by atoms with E-state index in [0.29, 0.717) is 163 Å². The fraction of sp³-hybridized carbons (Fsp3) is 0.359. The van der Waals surface area contributed by atoms with Gasteiger partial charge in [-0.25, -0.2) is 0 Å².